The zero-order valence-corrected chi connectivity index (χ0v) is 5.41. The molecule has 0 aliphatic heterocycles. The minimum absolute atomic E-state index is 0.222. The van der Waals surface area contributed by atoms with E-state index < -0.39 is 5.97 Å². The van der Waals surface area contributed by atoms with Crippen molar-refractivity contribution < 1.29 is 14.6 Å². The zero-order chi connectivity index (χ0) is 7.82. The number of aliphatic carboxylic acids is 1. The van der Waals surface area contributed by atoms with Gasteiger partial charge in [0.1, 0.15) is 6.61 Å². The summed E-state index contributed by atoms with van der Waals surface area (Å²) in [5.74, 6) is -0.995. The Morgan fingerprint density at radius 2 is 2.50 bits per heavy atom. The van der Waals surface area contributed by atoms with E-state index >= 15 is 0 Å². The van der Waals surface area contributed by atoms with Crippen LogP contribution >= 0.6 is 0 Å². The van der Waals surface area contributed by atoms with Crippen LogP contribution in [0.25, 0.3) is 0 Å². The first-order valence-electron chi connectivity index (χ1n) is 2.75. The maximum atomic E-state index is 9.83. The lowest BCUT2D eigenvalue weighted by Gasteiger charge is -1.95. The molecule has 0 rings (SSSR count). The Balaban J connectivity index is 2.92. The SMILES string of the molecule is N#CC[CH]COCC(=O)O. The van der Waals surface area contributed by atoms with Gasteiger partial charge in [-0.05, 0) is 0 Å². The van der Waals surface area contributed by atoms with Crippen molar-refractivity contribution in [2.45, 2.75) is 6.42 Å². The number of unbranched alkanes of at least 4 members (excludes halogenated alkanes) is 1. The normalized spacial score (nSPS) is 8.70. The zero-order valence-electron chi connectivity index (χ0n) is 5.41. The summed E-state index contributed by atoms with van der Waals surface area (Å²) in [5.41, 5.74) is 0. The van der Waals surface area contributed by atoms with Crippen LogP contribution in [0.1, 0.15) is 6.42 Å². The Kier molecular flexibility index (Phi) is 5.39. The molecule has 0 saturated carbocycles. The van der Waals surface area contributed by atoms with Crippen molar-refractivity contribution in [1.29, 1.82) is 5.26 Å². The average molecular weight is 142 g/mol. The van der Waals surface area contributed by atoms with E-state index in [9.17, 15) is 4.79 Å². The first-order valence-corrected chi connectivity index (χ1v) is 2.75. The Bertz CT molecular complexity index is 138. The van der Waals surface area contributed by atoms with Gasteiger partial charge in [-0.2, -0.15) is 5.26 Å². The summed E-state index contributed by atoms with van der Waals surface area (Å²) in [4.78, 5) is 9.83. The fourth-order valence-electron chi connectivity index (χ4n) is 0.353. The highest BCUT2D eigenvalue weighted by molar-refractivity contribution is 5.67. The number of rotatable bonds is 5. The van der Waals surface area contributed by atoms with Gasteiger partial charge in [-0.25, -0.2) is 4.79 Å². The topological polar surface area (TPSA) is 70.3 Å². The quantitative estimate of drug-likeness (QED) is 0.557. The fraction of sp³-hybridized carbons (Fsp3) is 0.500. The molecule has 10 heavy (non-hydrogen) atoms. The molecule has 0 aromatic carbocycles. The Hall–Kier alpha value is -1.08. The molecule has 0 aromatic heterocycles. The van der Waals surface area contributed by atoms with Crippen molar-refractivity contribution in [1.82, 2.24) is 0 Å². The molecule has 0 heterocycles. The second kappa shape index (κ2) is 6.05. The molecule has 0 aliphatic rings. The van der Waals surface area contributed by atoms with Gasteiger partial charge in [0, 0.05) is 12.8 Å². The summed E-state index contributed by atoms with van der Waals surface area (Å²) in [6, 6.07) is 1.87. The summed E-state index contributed by atoms with van der Waals surface area (Å²) >= 11 is 0. The standard InChI is InChI=1S/C6H8NO3/c7-3-1-2-4-10-5-6(8)9/h2H,1,4-5H2,(H,8,9). The molecule has 0 bridgehead atoms. The van der Waals surface area contributed by atoms with Crippen LogP contribution in [-0.4, -0.2) is 24.3 Å². The highest BCUT2D eigenvalue weighted by Crippen LogP contribution is 1.85. The van der Waals surface area contributed by atoms with E-state index in [1.54, 1.807) is 6.42 Å². The van der Waals surface area contributed by atoms with Crippen molar-refractivity contribution in [2.75, 3.05) is 13.2 Å². The third-order valence-electron chi connectivity index (χ3n) is 0.697. The monoisotopic (exact) mass is 142 g/mol. The lowest BCUT2D eigenvalue weighted by molar-refractivity contribution is -0.141. The highest BCUT2D eigenvalue weighted by atomic mass is 16.5. The smallest absolute Gasteiger partial charge is 0.329 e. The van der Waals surface area contributed by atoms with Gasteiger partial charge >= 0.3 is 5.97 Å². The van der Waals surface area contributed by atoms with Crippen LogP contribution in [0, 0.1) is 17.8 Å². The van der Waals surface area contributed by atoms with Gasteiger partial charge in [0.15, 0.2) is 0 Å². The Morgan fingerprint density at radius 1 is 1.80 bits per heavy atom. The molecule has 4 heteroatoms. The van der Waals surface area contributed by atoms with Gasteiger partial charge in [0.05, 0.1) is 12.7 Å². The molecular weight excluding hydrogens is 134 g/mol. The van der Waals surface area contributed by atoms with Crippen molar-refractivity contribution in [3.63, 3.8) is 0 Å². The van der Waals surface area contributed by atoms with Gasteiger partial charge in [-0.1, -0.05) is 0 Å². The number of nitriles is 1. The summed E-state index contributed by atoms with van der Waals surface area (Å²) < 4.78 is 4.59. The summed E-state index contributed by atoms with van der Waals surface area (Å²) in [7, 11) is 0. The van der Waals surface area contributed by atoms with Crippen molar-refractivity contribution in [3.05, 3.63) is 6.42 Å². The largest absolute Gasteiger partial charge is 0.480 e. The molecule has 0 amide bonds. The Labute approximate surface area is 59.0 Å². The molecule has 0 fully saturated rings. The summed E-state index contributed by atoms with van der Waals surface area (Å²) in [5, 5.41) is 16.1. The maximum absolute atomic E-state index is 9.83. The van der Waals surface area contributed by atoms with Crippen LogP contribution in [0.15, 0.2) is 0 Å². The number of nitrogens with zero attached hydrogens (tertiary/aromatic N) is 1. The molecule has 4 nitrogen and oxygen atoms in total. The second-order valence-corrected chi connectivity index (χ2v) is 1.56. The molecule has 0 aliphatic carbocycles. The molecule has 1 N–H and O–H groups in total. The fourth-order valence-corrected chi connectivity index (χ4v) is 0.353. The third kappa shape index (κ3) is 6.92. The minimum Gasteiger partial charge on any atom is -0.480 e. The number of carboxylic acids is 1. The molecule has 0 spiro atoms. The van der Waals surface area contributed by atoms with Crippen molar-refractivity contribution in [2.24, 2.45) is 0 Å². The Morgan fingerprint density at radius 3 is 3.00 bits per heavy atom. The number of hydrogen-bond acceptors (Lipinski definition) is 3. The minimum atomic E-state index is -0.995. The number of carbonyl (C=O) groups is 1. The second-order valence-electron chi connectivity index (χ2n) is 1.56. The highest BCUT2D eigenvalue weighted by Gasteiger charge is 1.94. The lowest BCUT2D eigenvalue weighted by atomic mass is 10.3. The third-order valence-corrected chi connectivity index (χ3v) is 0.697. The van der Waals surface area contributed by atoms with Gasteiger partial charge in [-0.15, -0.1) is 0 Å². The van der Waals surface area contributed by atoms with E-state index in [1.165, 1.54) is 0 Å². The van der Waals surface area contributed by atoms with E-state index in [1.807, 2.05) is 6.07 Å². The van der Waals surface area contributed by atoms with Crippen LogP contribution in [0.4, 0.5) is 0 Å². The van der Waals surface area contributed by atoms with Crippen LogP contribution in [0.3, 0.4) is 0 Å². The maximum Gasteiger partial charge on any atom is 0.329 e. The predicted molar refractivity (Wildman–Crippen MR) is 33.0 cm³/mol. The van der Waals surface area contributed by atoms with Crippen molar-refractivity contribution in [3.8, 4) is 6.07 Å². The molecule has 1 radical (unpaired) electrons. The van der Waals surface area contributed by atoms with Crippen LogP contribution < -0.4 is 0 Å². The summed E-state index contributed by atoms with van der Waals surface area (Å²) in [6.07, 6.45) is 1.86. The number of carboxylic acid groups (broad SMARTS) is 1. The van der Waals surface area contributed by atoms with Crippen LogP contribution in [0.2, 0.25) is 0 Å². The number of hydrogen-bond donors (Lipinski definition) is 1. The predicted octanol–water partition coefficient (Wildman–Crippen LogP) is 0.206. The lowest BCUT2D eigenvalue weighted by Crippen LogP contribution is -2.07. The first kappa shape index (κ1) is 8.92. The average Bonchev–Trinajstić information content (AvgIpc) is 1.87. The molecule has 55 valence electrons. The van der Waals surface area contributed by atoms with Gasteiger partial charge in [0.25, 0.3) is 0 Å². The van der Waals surface area contributed by atoms with E-state index in [2.05, 4.69) is 4.74 Å². The van der Waals surface area contributed by atoms with Gasteiger partial charge < -0.3 is 9.84 Å². The van der Waals surface area contributed by atoms with E-state index in [0.717, 1.165) is 0 Å². The molecule has 0 atom stereocenters. The first-order chi connectivity index (χ1) is 4.77. The molecular formula is C6H8NO3. The van der Waals surface area contributed by atoms with Gasteiger partial charge in [0.2, 0.25) is 0 Å². The number of ether oxygens (including phenoxy) is 1. The van der Waals surface area contributed by atoms with E-state index in [0.29, 0.717) is 6.42 Å². The molecule has 0 saturated heterocycles. The molecule has 0 aromatic rings. The molecule has 0 unspecified atom stereocenters. The summed E-state index contributed by atoms with van der Waals surface area (Å²) in [6.45, 7) is -0.0816. The van der Waals surface area contributed by atoms with E-state index in [-0.39, 0.29) is 13.2 Å². The van der Waals surface area contributed by atoms with E-state index in [4.69, 9.17) is 10.4 Å². The van der Waals surface area contributed by atoms with Crippen molar-refractivity contribution >= 4 is 5.97 Å². The van der Waals surface area contributed by atoms with Crippen LogP contribution in [-0.2, 0) is 9.53 Å². The van der Waals surface area contributed by atoms with Gasteiger partial charge in [-0.3, -0.25) is 0 Å². The van der Waals surface area contributed by atoms with Crippen LogP contribution in [0.5, 0.6) is 0 Å².